The summed E-state index contributed by atoms with van der Waals surface area (Å²) in [6.45, 7) is 1.04. The first-order chi connectivity index (χ1) is 10.5. The van der Waals surface area contributed by atoms with Gasteiger partial charge in [0.25, 0.3) is 5.91 Å². The molecule has 120 valence electrons. The predicted molar refractivity (Wildman–Crippen MR) is 78.7 cm³/mol. The fourth-order valence-corrected chi connectivity index (χ4v) is 2.53. The number of likely N-dealkylation sites (tertiary alicyclic amines) is 1. The number of carbonyl (C=O) groups excluding carboxylic acids is 2. The third kappa shape index (κ3) is 4.11. The molecule has 2 amide bonds. The Bertz CT molecular complexity index is 533. The van der Waals surface area contributed by atoms with Crippen LogP contribution >= 0.6 is 0 Å². The van der Waals surface area contributed by atoms with E-state index in [9.17, 15) is 19.8 Å². The van der Waals surface area contributed by atoms with Crippen LogP contribution in [0.5, 0.6) is 11.5 Å². The molecular weight excluding hydrogens is 288 g/mol. The molecule has 0 aliphatic carbocycles. The molecule has 0 saturated carbocycles. The number of nitrogens with zero attached hydrogens (tertiary/aromatic N) is 1. The summed E-state index contributed by atoms with van der Waals surface area (Å²) in [5, 5.41) is 21.7. The van der Waals surface area contributed by atoms with Gasteiger partial charge in [-0.2, -0.15) is 0 Å². The van der Waals surface area contributed by atoms with E-state index in [-0.39, 0.29) is 41.5 Å². The normalized spacial score (nSPS) is 15.6. The van der Waals surface area contributed by atoms with E-state index < -0.39 is 0 Å². The number of amides is 2. The van der Waals surface area contributed by atoms with Crippen LogP contribution in [0.1, 0.15) is 23.2 Å². The fourth-order valence-electron chi connectivity index (χ4n) is 2.53. The monoisotopic (exact) mass is 308 g/mol. The highest BCUT2D eigenvalue weighted by Crippen LogP contribution is 2.22. The Labute approximate surface area is 128 Å². The van der Waals surface area contributed by atoms with E-state index in [0.29, 0.717) is 25.9 Å². The Morgan fingerprint density at radius 2 is 1.82 bits per heavy atom. The maximum Gasteiger partial charge on any atom is 0.254 e. The fraction of sp³-hybridized carbons (Fsp3) is 0.467. The molecule has 1 aromatic rings. The largest absolute Gasteiger partial charge is 0.508 e. The lowest BCUT2D eigenvalue weighted by atomic mass is 10.0. The highest BCUT2D eigenvalue weighted by molar-refractivity contribution is 5.95. The van der Waals surface area contributed by atoms with Crippen LogP contribution in [0.3, 0.4) is 0 Å². The minimum Gasteiger partial charge on any atom is -0.508 e. The van der Waals surface area contributed by atoms with Gasteiger partial charge in [-0.3, -0.25) is 9.59 Å². The summed E-state index contributed by atoms with van der Waals surface area (Å²) in [4.78, 5) is 25.4. The summed E-state index contributed by atoms with van der Waals surface area (Å²) in [7, 11) is 1.46. The molecule has 1 saturated heterocycles. The second-order valence-electron chi connectivity index (χ2n) is 5.31. The van der Waals surface area contributed by atoms with Crippen molar-refractivity contribution in [3.8, 4) is 11.5 Å². The maximum absolute atomic E-state index is 12.3. The Morgan fingerprint density at radius 3 is 2.36 bits per heavy atom. The summed E-state index contributed by atoms with van der Waals surface area (Å²) < 4.78 is 4.76. The van der Waals surface area contributed by atoms with Crippen molar-refractivity contribution < 1.29 is 24.5 Å². The molecule has 1 aliphatic rings. The van der Waals surface area contributed by atoms with Crippen molar-refractivity contribution >= 4 is 11.8 Å². The number of ether oxygens (including phenoxy) is 1. The molecule has 7 nitrogen and oxygen atoms in total. The number of phenolic OH excluding ortho intramolecular Hbond substituents is 2. The summed E-state index contributed by atoms with van der Waals surface area (Å²) >= 11 is 0. The first kappa shape index (κ1) is 16.1. The van der Waals surface area contributed by atoms with E-state index in [0.717, 1.165) is 0 Å². The molecule has 2 rings (SSSR count). The number of hydrogen-bond donors (Lipinski definition) is 3. The summed E-state index contributed by atoms with van der Waals surface area (Å²) in [6.07, 6.45) is 1.32. The minimum atomic E-state index is -0.243. The standard InChI is InChI=1S/C15H20N2O5/c1-22-9-14(20)16-11-2-4-17(5-3-11)15(21)10-6-12(18)8-13(19)7-10/h6-8,11,18-19H,2-5,9H2,1H3,(H,16,20). The second-order valence-corrected chi connectivity index (χ2v) is 5.31. The van der Waals surface area contributed by atoms with Crippen LogP contribution in [0, 0.1) is 0 Å². The Kier molecular flexibility index (Phi) is 5.21. The van der Waals surface area contributed by atoms with Gasteiger partial charge in [0.15, 0.2) is 0 Å². The zero-order valence-corrected chi connectivity index (χ0v) is 12.4. The average Bonchev–Trinajstić information content (AvgIpc) is 2.46. The third-order valence-corrected chi connectivity index (χ3v) is 3.57. The van der Waals surface area contributed by atoms with Gasteiger partial charge in [0.2, 0.25) is 5.91 Å². The average molecular weight is 308 g/mol. The first-order valence-electron chi connectivity index (χ1n) is 7.10. The molecule has 0 unspecified atom stereocenters. The maximum atomic E-state index is 12.3. The van der Waals surface area contributed by atoms with Gasteiger partial charge in [-0.25, -0.2) is 0 Å². The number of rotatable bonds is 4. The Balaban J connectivity index is 1.91. The molecule has 1 heterocycles. The molecule has 22 heavy (non-hydrogen) atoms. The first-order valence-corrected chi connectivity index (χ1v) is 7.10. The van der Waals surface area contributed by atoms with Gasteiger partial charge in [0, 0.05) is 37.9 Å². The van der Waals surface area contributed by atoms with E-state index >= 15 is 0 Å². The zero-order valence-electron chi connectivity index (χ0n) is 12.4. The van der Waals surface area contributed by atoms with Gasteiger partial charge >= 0.3 is 0 Å². The number of benzene rings is 1. The molecular formula is C15H20N2O5. The molecule has 3 N–H and O–H groups in total. The zero-order chi connectivity index (χ0) is 16.1. The molecule has 0 atom stereocenters. The third-order valence-electron chi connectivity index (χ3n) is 3.57. The van der Waals surface area contributed by atoms with Crippen LogP contribution < -0.4 is 5.32 Å². The number of phenols is 2. The molecule has 1 fully saturated rings. The van der Waals surface area contributed by atoms with E-state index in [2.05, 4.69) is 5.32 Å². The molecule has 0 bridgehead atoms. The van der Waals surface area contributed by atoms with Crippen molar-refractivity contribution in [3.63, 3.8) is 0 Å². The van der Waals surface area contributed by atoms with E-state index in [1.165, 1.54) is 25.3 Å². The lowest BCUT2D eigenvalue weighted by Crippen LogP contribution is -2.47. The number of nitrogens with one attached hydrogen (secondary N) is 1. The van der Waals surface area contributed by atoms with Crippen molar-refractivity contribution in [2.45, 2.75) is 18.9 Å². The topological polar surface area (TPSA) is 99.1 Å². The van der Waals surface area contributed by atoms with Gasteiger partial charge in [0.1, 0.15) is 18.1 Å². The number of piperidine rings is 1. The highest BCUT2D eigenvalue weighted by Gasteiger charge is 2.25. The molecule has 7 heteroatoms. The summed E-state index contributed by atoms with van der Waals surface area (Å²) in [5.74, 6) is -0.701. The van der Waals surface area contributed by atoms with Gasteiger partial charge < -0.3 is 25.2 Å². The number of methoxy groups -OCH3 is 1. The highest BCUT2D eigenvalue weighted by atomic mass is 16.5. The molecule has 1 aliphatic heterocycles. The molecule has 0 spiro atoms. The van der Waals surface area contributed by atoms with Gasteiger partial charge in [-0.1, -0.05) is 0 Å². The van der Waals surface area contributed by atoms with Crippen molar-refractivity contribution in [3.05, 3.63) is 23.8 Å². The predicted octanol–water partition coefficient (Wildman–Crippen LogP) is 0.465. The van der Waals surface area contributed by atoms with Crippen molar-refractivity contribution in [1.29, 1.82) is 0 Å². The van der Waals surface area contributed by atoms with Crippen LogP contribution in [0.4, 0.5) is 0 Å². The van der Waals surface area contributed by atoms with Crippen LogP contribution in [-0.2, 0) is 9.53 Å². The minimum absolute atomic E-state index is 0.0295. The smallest absolute Gasteiger partial charge is 0.254 e. The van der Waals surface area contributed by atoms with E-state index in [1.54, 1.807) is 4.90 Å². The number of hydrogen-bond acceptors (Lipinski definition) is 5. The molecule has 0 radical (unpaired) electrons. The van der Waals surface area contributed by atoms with E-state index in [1.807, 2.05) is 0 Å². The lowest BCUT2D eigenvalue weighted by molar-refractivity contribution is -0.125. The quantitative estimate of drug-likeness (QED) is 0.751. The van der Waals surface area contributed by atoms with Crippen LogP contribution in [0.25, 0.3) is 0 Å². The van der Waals surface area contributed by atoms with Gasteiger partial charge in [0.05, 0.1) is 0 Å². The Morgan fingerprint density at radius 1 is 1.23 bits per heavy atom. The van der Waals surface area contributed by atoms with Crippen LogP contribution in [-0.4, -0.2) is 59.8 Å². The lowest BCUT2D eigenvalue weighted by Gasteiger charge is -2.32. The van der Waals surface area contributed by atoms with Crippen LogP contribution in [0.15, 0.2) is 18.2 Å². The van der Waals surface area contributed by atoms with Crippen LogP contribution in [0.2, 0.25) is 0 Å². The number of aromatic hydroxyl groups is 2. The van der Waals surface area contributed by atoms with Crippen molar-refractivity contribution in [1.82, 2.24) is 10.2 Å². The van der Waals surface area contributed by atoms with Gasteiger partial charge in [-0.15, -0.1) is 0 Å². The molecule has 0 aromatic heterocycles. The second kappa shape index (κ2) is 7.13. The Hall–Kier alpha value is -2.28. The van der Waals surface area contributed by atoms with E-state index in [4.69, 9.17) is 4.74 Å². The number of carbonyl (C=O) groups is 2. The van der Waals surface area contributed by atoms with Crippen molar-refractivity contribution in [2.24, 2.45) is 0 Å². The summed E-state index contributed by atoms with van der Waals surface area (Å²) in [5.41, 5.74) is 0.249. The van der Waals surface area contributed by atoms with Crippen molar-refractivity contribution in [2.75, 3.05) is 26.8 Å². The SMILES string of the molecule is COCC(=O)NC1CCN(C(=O)c2cc(O)cc(O)c2)CC1. The summed E-state index contributed by atoms with van der Waals surface area (Å²) in [6, 6.07) is 3.86. The van der Waals surface area contributed by atoms with Gasteiger partial charge in [-0.05, 0) is 25.0 Å². The molecule has 1 aromatic carbocycles.